The Balaban J connectivity index is 0.000000239. The summed E-state index contributed by atoms with van der Waals surface area (Å²) in [6, 6.07) is 34.7. The number of aromatic nitrogens is 12. The average molecular weight is 1410 g/mol. The number of rotatable bonds is 27. The maximum absolute atomic E-state index is 14.1. The van der Waals surface area contributed by atoms with Gasteiger partial charge in [0.1, 0.15) is 34.6 Å². The number of aryl methyl sites for hydroxylation is 1. The van der Waals surface area contributed by atoms with Gasteiger partial charge in [-0.05, 0) is 99.8 Å². The van der Waals surface area contributed by atoms with Crippen LogP contribution in [0.15, 0.2) is 165 Å². The summed E-state index contributed by atoms with van der Waals surface area (Å²) < 4.78 is 46.9. The fourth-order valence-electron chi connectivity index (χ4n) is 11.1. The molecule has 548 valence electrons. The largest absolute Gasteiger partial charge is 0.497 e. The van der Waals surface area contributed by atoms with Gasteiger partial charge in [0.2, 0.25) is 0 Å². The Kier molecular flexibility index (Phi) is 30.2. The molecule has 0 aliphatic heterocycles. The second kappa shape index (κ2) is 38.3. The van der Waals surface area contributed by atoms with Crippen LogP contribution in [0.2, 0.25) is 0 Å². The Labute approximate surface area is 605 Å². The Hall–Kier alpha value is -10.8. The Morgan fingerprint density at radius 1 is 0.437 bits per heavy atom. The van der Waals surface area contributed by atoms with Gasteiger partial charge in [0, 0.05) is 170 Å². The standard InChI is InChI=1S/C28H36N6O2.C25H29N5O3.C22H22FN5O2.4CH4/c1-19(2)29-10-7-11-33(23-12-24(35-5)15-25(13-23)36-6)22-8-9-26-27(14-22)32-28(17-30-26)21-16-31-34(18-21)20(3)4;1-17(2)15-29-16-18(13-27-29)25-14-26-23-6-5-19(11-24(23)28-25)30(7-8-31)20-9-21(32-3)12-22(10-20)33-4;1-27-14-15(12-25-27)22-13-24-20-5-4-17(11-21(20)26-22)28(6-3-7-29)18-8-16(23)9-19(10-18)30-2;;;;/h8-9,12-20,29H,7,10-11H2,1-6H3;5-6,9-14,16-17,31H,7-8,15H2,1-4H3;4-5,8-14,29H,3,6-7H2,1-2H3;4*1H4. The second-order valence-corrected chi connectivity index (χ2v) is 24.5. The third-order valence-electron chi connectivity index (χ3n) is 16.1. The minimum absolute atomic E-state index is 0. The van der Waals surface area contributed by atoms with E-state index in [0.29, 0.717) is 59.9 Å². The number of aliphatic hydroxyl groups is 2. The molecular formula is C79H103FN16O7. The van der Waals surface area contributed by atoms with Crippen molar-refractivity contribution in [1.82, 2.24) is 64.6 Å². The number of benzene rings is 6. The molecular weight excluding hydrogens is 1300 g/mol. The molecule has 24 heteroatoms. The molecule has 3 N–H and O–H groups in total. The highest BCUT2D eigenvalue weighted by Gasteiger charge is 2.19. The number of hydrogen-bond donors (Lipinski definition) is 3. The molecule has 0 unspecified atom stereocenters. The third kappa shape index (κ3) is 20.9. The van der Waals surface area contributed by atoms with Crippen molar-refractivity contribution in [2.75, 3.05) is 89.6 Å². The van der Waals surface area contributed by atoms with E-state index in [-0.39, 0.29) is 49.0 Å². The number of nitrogens with one attached hydrogen (secondary N) is 1. The van der Waals surface area contributed by atoms with Crippen molar-refractivity contribution in [3.63, 3.8) is 0 Å². The van der Waals surface area contributed by atoms with Gasteiger partial charge in [-0.2, -0.15) is 15.3 Å². The lowest BCUT2D eigenvalue weighted by Crippen LogP contribution is -2.27. The monoisotopic (exact) mass is 1410 g/mol. The van der Waals surface area contributed by atoms with Crippen molar-refractivity contribution in [1.29, 1.82) is 0 Å². The number of hydrogen-bond acceptors (Lipinski definition) is 20. The Morgan fingerprint density at radius 3 is 1.24 bits per heavy atom. The van der Waals surface area contributed by atoms with E-state index in [1.165, 1.54) is 19.2 Å². The molecule has 0 fully saturated rings. The third-order valence-corrected chi connectivity index (χ3v) is 16.1. The highest BCUT2D eigenvalue weighted by molar-refractivity contribution is 5.85. The van der Waals surface area contributed by atoms with Gasteiger partial charge in [-0.1, -0.05) is 57.4 Å². The summed E-state index contributed by atoms with van der Waals surface area (Å²) >= 11 is 0. The van der Waals surface area contributed by atoms with Crippen molar-refractivity contribution >= 4 is 67.2 Å². The first kappa shape index (κ1) is 81.1. The van der Waals surface area contributed by atoms with Crippen molar-refractivity contribution in [2.45, 2.75) is 103 Å². The fourth-order valence-corrected chi connectivity index (χ4v) is 11.1. The molecule has 6 aromatic heterocycles. The van der Waals surface area contributed by atoms with Crippen LogP contribution in [0, 0.1) is 11.7 Å². The molecule has 0 saturated heterocycles. The van der Waals surface area contributed by atoms with Gasteiger partial charge in [-0.3, -0.25) is 29.0 Å². The summed E-state index contributed by atoms with van der Waals surface area (Å²) in [5.41, 5.74) is 15.0. The first-order chi connectivity index (χ1) is 47.9. The summed E-state index contributed by atoms with van der Waals surface area (Å²) in [6.45, 7) is 16.4. The molecule has 0 saturated carbocycles. The van der Waals surface area contributed by atoms with Crippen LogP contribution in [-0.2, 0) is 13.6 Å². The topological polar surface area (TPSA) is 239 Å². The van der Waals surface area contributed by atoms with E-state index in [1.807, 2.05) is 142 Å². The zero-order valence-corrected chi connectivity index (χ0v) is 58.2. The van der Waals surface area contributed by atoms with Crippen LogP contribution in [0.3, 0.4) is 0 Å². The number of ether oxygens (including phenoxy) is 5. The number of methoxy groups -OCH3 is 5. The quantitative estimate of drug-likeness (QED) is 0.0406. The van der Waals surface area contributed by atoms with E-state index in [2.05, 4.69) is 94.1 Å². The molecule has 0 aliphatic rings. The summed E-state index contributed by atoms with van der Waals surface area (Å²) in [5.74, 6) is 3.40. The van der Waals surface area contributed by atoms with Gasteiger partial charge >= 0.3 is 0 Å². The van der Waals surface area contributed by atoms with Crippen LogP contribution in [0.25, 0.3) is 66.9 Å². The second-order valence-electron chi connectivity index (χ2n) is 24.5. The van der Waals surface area contributed by atoms with Crippen LogP contribution >= 0.6 is 0 Å². The van der Waals surface area contributed by atoms with Gasteiger partial charge in [0.05, 0.1) is 130 Å². The molecule has 6 heterocycles. The lowest BCUT2D eigenvalue weighted by molar-refractivity contribution is 0.291. The summed E-state index contributed by atoms with van der Waals surface area (Å²) in [5, 5.41) is 35.7. The number of anilines is 6. The SMILES string of the molecule is C.C.C.C.COc1cc(F)cc(N(CCCO)c2ccc3ncc(-c4cnn(C)c4)nc3c2)c1.COc1cc(OC)cc(N(CCCNC(C)C)c2ccc3ncc(-c4cnn(C(C)C)c4)nc3c2)c1.COc1cc(OC)cc(N(CCO)c2ccc3ncc(-c4cnn(CC(C)C)c4)nc3c2)c1. The zero-order chi connectivity index (χ0) is 70.1. The number of fused-ring (bicyclic) bond motifs is 3. The van der Waals surface area contributed by atoms with E-state index in [9.17, 15) is 14.6 Å². The highest BCUT2D eigenvalue weighted by Crippen LogP contribution is 2.38. The van der Waals surface area contributed by atoms with E-state index in [0.717, 1.165) is 127 Å². The molecule has 103 heavy (non-hydrogen) atoms. The van der Waals surface area contributed by atoms with Gasteiger partial charge in [-0.15, -0.1) is 0 Å². The van der Waals surface area contributed by atoms with E-state index < -0.39 is 5.82 Å². The van der Waals surface area contributed by atoms with Crippen LogP contribution in [-0.4, -0.2) is 150 Å². The zero-order valence-electron chi connectivity index (χ0n) is 58.2. The first-order valence-corrected chi connectivity index (χ1v) is 32.9. The van der Waals surface area contributed by atoms with Crippen molar-refractivity contribution < 1.29 is 38.3 Å². The Morgan fingerprint density at radius 2 is 0.845 bits per heavy atom. The van der Waals surface area contributed by atoms with E-state index in [4.69, 9.17) is 38.6 Å². The normalized spacial score (nSPS) is 10.8. The summed E-state index contributed by atoms with van der Waals surface area (Å²) in [7, 11) is 9.93. The van der Waals surface area contributed by atoms with Gasteiger partial charge < -0.3 is 53.9 Å². The molecule has 23 nitrogen and oxygen atoms in total. The average Bonchev–Trinajstić information content (AvgIpc) is 1.53. The summed E-state index contributed by atoms with van der Waals surface area (Å²) in [4.78, 5) is 34.5. The summed E-state index contributed by atoms with van der Waals surface area (Å²) in [6.07, 6.45) is 18.1. The fraction of sp³-hybridized carbons (Fsp3) is 0.354. The Bertz CT molecular complexity index is 4590. The predicted molar refractivity (Wildman–Crippen MR) is 415 cm³/mol. The van der Waals surface area contributed by atoms with Crippen molar-refractivity contribution in [2.24, 2.45) is 13.0 Å². The minimum atomic E-state index is -0.391. The molecule has 12 aromatic rings. The molecule has 0 radical (unpaired) electrons. The van der Waals surface area contributed by atoms with Crippen LogP contribution in [0.5, 0.6) is 28.7 Å². The molecule has 0 atom stereocenters. The van der Waals surface area contributed by atoms with Crippen molar-refractivity contribution in [3.05, 3.63) is 171 Å². The van der Waals surface area contributed by atoms with Crippen LogP contribution in [0.4, 0.5) is 38.5 Å². The number of halogens is 1. The van der Waals surface area contributed by atoms with Gasteiger partial charge in [-0.25, -0.2) is 19.3 Å². The molecule has 0 amide bonds. The molecule has 0 aliphatic carbocycles. The number of aliphatic hydroxyl groups excluding tert-OH is 2. The molecule has 0 spiro atoms. The molecule has 6 aromatic carbocycles. The lowest BCUT2D eigenvalue weighted by Gasteiger charge is -2.26. The lowest BCUT2D eigenvalue weighted by atomic mass is 10.1. The van der Waals surface area contributed by atoms with Crippen LogP contribution in [0.1, 0.15) is 90.1 Å². The number of nitrogens with zero attached hydrogens (tertiary/aromatic N) is 15. The first-order valence-electron chi connectivity index (χ1n) is 32.9. The maximum Gasteiger partial charge on any atom is 0.128 e. The van der Waals surface area contributed by atoms with E-state index >= 15 is 0 Å². The van der Waals surface area contributed by atoms with Gasteiger partial charge in [0.15, 0.2) is 0 Å². The molecule has 0 bridgehead atoms. The predicted octanol–water partition coefficient (Wildman–Crippen LogP) is 16.2. The smallest absolute Gasteiger partial charge is 0.128 e. The molecule has 12 rings (SSSR count). The highest BCUT2D eigenvalue weighted by atomic mass is 19.1. The van der Waals surface area contributed by atoms with Gasteiger partial charge in [0.25, 0.3) is 0 Å². The van der Waals surface area contributed by atoms with E-state index in [1.54, 1.807) is 57.8 Å². The minimum Gasteiger partial charge on any atom is -0.497 e. The maximum atomic E-state index is 14.1. The van der Waals surface area contributed by atoms with Crippen molar-refractivity contribution in [3.8, 4) is 62.5 Å². The van der Waals surface area contributed by atoms with Crippen LogP contribution < -0.4 is 43.7 Å².